The van der Waals surface area contributed by atoms with Crippen LogP contribution in [0, 0.1) is 0 Å². The maximum Gasteiger partial charge on any atom is 0.232 e. The molecule has 0 bridgehead atoms. The zero-order chi connectivity index (χ0) is 23.3. The van der Waals surface area contributed by atoms with Gasteiger partial charge in [0.15, 0.2) is 0 Å². The molecule has 1 atom stereocenters. The molecule has 0 radical (unpaired) electrons. The molecule has 0 aromatic heterocycles. The number of anilines is 2. The molecule has 32 heavy (non-hydrogen) atoms. The van der Waals surface area contributed by atoms with Crippen LogP contribution < -0.4 is 9.21 Å². The van der Waals surface area contributed by atoms with E-state index in [1.54, 1.807) is 54.6 Å². The lowest BCUT2D eigenvalue weighted by molar-refractivity contribution is -0.107. The SMILES string of the molecule is CS(=O)(=O)N(Cc1cccc(Cl)c1Cl)c1ccc(N(C=O)CC(O)c2ccccc2)cc1. The van der Waals surface area contributed by atoms with Crippen LogP contribution in [0.5, 0.6) is 0 Å². The number of nitrogens with zero attached hydrogens (tertiary/aromatic N) is 2. The number of rotatable bonds is 9. The summed E-state index contributed by atoms with van der Waals surface area (Å²) in [6.45, 7) is 0.0580. The molecule has 0 saturated heterocycles. The molecular weight excluding hydrogens is 471 g/mol. The Balaban J connectivity index is 1.83. The quantitative estimate of drug-likeness (QED) is 0.440. The molecule has 168 valence electrons. The van der Waals surface area contributed by atoms with Crippen LogP contribution in [0.4, 0.5) is 11.4 Å². The summed E-state index contributed by atoms with van der Waals surface area (Å²) in [6, 6.07) is 20.5. The van der Waals surface area contributed by atoms with Gasteiger partial charge < -0.3 is 10.0 Å². The van der Waals surface area contributed by atoms with Gasteiger partial charge >= 0.3 is 0 Å². The van der Waals surface area contributed by atoms with Crippen LogP contribution in [0.15, 0.2) is 72.8 Å². The Morgan fingerprint density at radius 3 is 2.16 bits per heavy atom. The van der Waals surface area contributed by atoms with Crippen LogP contribution in [0.3, 0.4) is 0 Å². The third-order valence-corrected chi connectivity index (χ3v) is 6.90. The molecule has 0 heterocycles. The van der Waals surface area contributed by atoms with E-state index >= 15 is 0 Å². The van der Waals surface area contributed by atoms with E-state index in [0.29, 0.717) is 39.0 Å². The molecule has 1 N–H and O–H groups in total. The zero-order valence-electron chi connectivity index (χ0n) is 17.2. The van der Waals surface area contributed by atoms with Crippen LogP contribution in [-0.4, -0.2) is 32.7 Å². The number of hydrogen-bond donors (Lipinski definition) is 1. The highest BCUT2D eigenvalue weighted by molar-refractivity contribution is 7.92. The van der Waals surface area contributed by atoms with E-state index in [4.69, 9.17) is 23.2 Å². The first-order valence-corrected chi connectivity index (χ1v) is 12.3. The van der Waals surface area contributed by atoms with E-state index in [1.807, 2.05) is 18.2 Å². The Labute approximate surface area is 197 Å². The summed E-state index contributed by atoms with van der Waals surface area (Å²) in [4.78, 5) is 13.0. The molecule has 3 aromatic rings. The number of aliphatic hydroxyl groups is 1. The number of aliphatic hydroxyl groups excluding tert-OH is 1. The molecule has 9 heteroatoms. The fourth-order valence-electron chi connectivity index (χ4n) is 3.21. The second-order valence-corrected chi connectivity index (χ2v) is 9.88. The molecule has 3 rings (SSSR count). The van der Waals surface area contributed by atoms with Gasteiger partial charge in [0.1, 0.15) is 0 Å². The Bertz CT molecular complexity index is 1170. The summed E-state index contributed by atoms with van der Waals surface area (Å²) in [5, 5.41) is 11.1. The molecule has 0 fully saturated rings. The van der Waals surface area contributed by atoms with Gasteiger partial charge in [-0.1, -0.05) is 65.7 Å². The topological polar surface area (TPSA) is 77.9 Å². The van der Waals surface area contributed by atoms with Crippen molar-refractivity contribution in [1.82, 2.24) is 0 Å². The highest BCUT2D eigenvalue weighted by Gasteiger charge is 2.21. The van der Waals surface area contributed by atoms with Crippen LogP contribution in [-0.2, 0) is 21.4 Å². The van der Waals surface area contributed by atoms with Crippen LogP contribution in [0.2, 0.25) is 10.0 Å². The van der Waals surface area contributed by atoms with Gasteiger partial charge in [-0.3, -0.25) is 9.10 Å². The minimum absolute atomic E-state index is 0.00168. The number of carbonyl (C=O) groups is 1. The maximum atomic E-state index is 12.5. The molecule has 1 amide bonds. The average Bonchev–Trinajstić information content (AvgIpc) is 2.78. The molecule has 0 saturated carbocycles. The van der Waals surface area contributed by atoms with Gasteiger partial charge in [0, 0.05) is 5.69 Å². The predicted octanol–water partition coefficient (Wildman–Crippen LogP) is 4.66. The highest BCUT2D eigenvalue weighted by Crippen LogP contribution is 2.30. The van der Waals surface area contributed by atoms with Gasteiger partial charge in [0.2, 0.25) is 16.4 Å². The van der Waals surface area contributed by atoms with E-state index in [1.165, 1.54) is 9.21 Å². The van der Waals surface area contributed by atoms with Crippen molar-refractivity contribution in [1.29, 1.82) is 0 Å². The second-order valence-electron chi connectivity index (χ2n) is 7.18. The highest BCUT2D eigenvalue weighted by atomic mass is 35.5. The van der Waals surface area contributed by atoms with Crippen LogP contribution in [0.25, 0.3) is 0 Å². The summed E-state index contributed by atoms with van der Waals surface area (Å²) >= 11 is 12.3. The standard InChI is InChI=1S/C23H22Cl2N2O4S/c1-32(30,31)27(14-18-8-5-9-21(24)23(18)25)20-12-10-19(11-13-20)26(16-28)15-22(29)17-6-3-2-4-7-17/h2-13,16,22,29H,14-15H2,1H3. The van der Waals surface area contributed by atoms with Crippen molar-refractivity contribution in [3.05, 3.63) is 94.0 Å². The number of amides is 1. The van der Waals surface area contributed by atoms with Gasteiger partial charge in [-0.05, 0) is 41.5 Å². The third-order valence-electron chi connectivity index (χ3n) is 4.90. The molecule has 1 unspecified atom stereocenters. The van der Waals surface area contributed by atoms with Crippen molar-refractivity contribution in [2.45, 2.75) is 12.6 Å². The molecular formula is C23H22Cl2N2O4S. The van der Waals surface area contributed by atoms with Gasteiger partial charge in [-0.15, -0.1) is 0 Å². The fourth-order valence-corrected chi connectivity index (χ4v) is 4.47. The van der Waals surface area contributed by atoms with Crippen molar-refractivity contribution in [3.63, 3.8) is 0 Å². The lowest BCUT2D eigenvalue weighted by Gasteiger charge is -2.25. The lowest BCUT2D eigenvalue weighted by atomic mass is 10.1. The Morgan fingerprint density at radius 2 is 1.56 bits per heavy atom. The van der Waals surface area contributed by atoms with E-state index in [9.17, 15) is 18.3 Å². The number of hydrogen-bond acceptors (Lipinski definition) is 4. The molecule has 0 aliphatic carbocycles. The van der Waals surface area contributed by atoms with E-state index in [2.05, 4.69) is 0 Å². The predicted molar refractivity (Wildman–Crippen MR) is 129 cm³/mol. The smallest absolute Gasteiger partial charge is 0.232 e. The molecule has 0 spiro atoms. The van der Waals surface area contributed by atoms with E-state index in [0.717, 1.165) is 6.26 Å². The van der Waals surface area contributed by atoms with Gasteiger partial charge in [-0.25, -0.2) is 8.42 Å². The zero-order valence-corrected chi connectivity index (χ0v) is 19.6. The van der Waals surface area contributed by atoms with Crippen molar-refractivity contribution in [2.75, 3.05) is 22.0 Å². The first kappa shape index (κ1) is 24.1. The number of halogens is 2. The first-order valence-electron chi connectivity index (χ1n) is 9.66. The summed E-state index contributed by atoms with van der Waals surface area (Å²) in [6.07, 6.45) is 0.868. The maximum absolute atomic E-state index is 12.5. The summed E-state index contributed by atoms with van der Waals surface area (Å²) in [5.41, 5.74) is 2.18. The van der Waals surface area contributed by atoms with Crippen molar-refractivity contribution < 1.29 is 18.3 Å². The van der Waals surface area contributed by atoms with Crippen LogP contribution in [0.1, 0.15) is 17.2 Å². The first-order chi connectivity index (χ1) is 15.2. The van der Waals surface area contributed by atoms with E-state index in [-0.39, 0.29) is 13.1 Å². The van der Waals surface area contributed by atoms with Gasteiger partial charge in [0.05, 0.1) is 41.2 Å². The molecule has 0 aliphatic rings. The van der Waals surface area contributed by atoms with Gasteiger partial charge in [0.25, 0.3) is 0 Å². The summed E-state index contributed by atoms with van der Waals surface area (Å²) < 4.78 is 26.1. The Hall–Kier alpha value is -2.58. The minimum atomic E-state index is -3.63. The van der Waals surface area contributed by atoms with Crippen molar-refractivity contribution >= 4 is 51.0 Å². The third kappa shape index (κ3) is 5.81. The Kier molecular flexibility index (Phi) is 7.79. The number of carbonyl (C=O) groups excluding carboxylic acids is 1. The lowest BCUT2D eigenvalue weighted by Crippen LogP contribution is -2.30. The number of benzene rings is 3. The monoisotopic (exact) mass is 492 g/mol. The molecule has 3 aromatic carbocycles. The van der Waals surface area contributed by atoms with Crippen molar-refractivity contribution in [3.8, 4) is 0 Å². The largest absolute Gasteiger partial charge is 0.387 e. The van der Waals surface area contributed by atoms with Crippen LogP contribution >= 0.6 is 23.2 Å². The second kappa shape index (κ2) is 10.4. The average molecular weight is 493 g/mol. The normalized spacial score (nSPS) is 12.2. The van der Waals surface area contributed by atoms with Gasteiger partial charge in [-0.2, -0.15) is 0 Å². The van der Waals surface area contributed by atoms with E-state index < -0.39 is 16.1 Å². The Morgan fingerprint density at radius 1 is 0.938 bits per heavy atom. The summed E-state index contributed by atoms with van der Waals surface area (Å²) in [5.74, 6) is 0. The fraction of sp³-hybridized carbons (Fsp3) is 0.174. The molecule has 6 nitrogen and oxygen atoms in total. The summed E-state index contributed by atoms with van der Waals surface area (Å²) in [7, 11) is -3.63. The molecule has 0 aliphatic heterocycles. The van der Waals surface area contributed by atoms with Crippen molar-refractivity contribution in [2.24, 2.45) is 0 Å². The minimum Gasteiger partial charge on any atom is -0.387 e. The number of sulfonamides is 1.